The average molecular weight is 216 g/mol. The van der Waals surface area contributed by atoms with E-state index in [0.29, 0.717) is 10.1 Å². The van der Waals surface area contributed by atoms with Gasteiger partial charge in [0.15, 0.2) is 0 Å². The molecule has 0 amide bonds. The quantitative estimate of drug-likeness (QED) is 0.685. The summed E-state index contributed by atoms with van der Waals surface area (Å²) < 4.78 is 17.2. The number of aromatic nitrogens is 1. The van der Waals surface area contributed by atoms with Crippen molar-refractivity contribution in [3.05, 3.63) is 29.7 Å². The lowest BCUT2D eigenvalue weighted by Crippen LogP contribution is -1.87. The van der Waals surface area contributed by atoms with Crippen LogP contribution in [0.5, 0.6) is 0 Å². The molecule has 2 rings (SSSR count). The van der Waals surface area contributed by atoms with E-state index in [1.165, 1.54) is 18.2 Å². The molecular formula is C8H3ClFNOS. The summed E-state index contributed by atoms with van der Waals surface area (Å²) in [6, 6.07) is 4.11. The van der Waals surface area contributed by atoms with Gasteiger partial charge in [0, 0.05) is 5.39 Å². The summed E-state index contributed by atoms with van der Waals surface area (Å²) in [5.41, 5.74) is 0.196. The summed E-state index contributed by atoms with van der Waals surface area (Å²) in [6.45, 7) is 0. The molecule has 0 N–H and O–H groups in total. The minimum absolute atomic E-state index is 0.196. The molecule has 1 heterocycles. The van der Waals surface area contributed by atoms with E-state index in [1.54, 1.807) is 0 Å². The van der Waals surface area contributed by atoms with E-state index in [9.17, 15) is 9.18 Å². The molecule has 2 nitrogen and oxygen atoms in total. The lowest BCUT2D eigenvalue weighted by molar-refractivity contribution is 0.107. The first-order valence-corrected chi connectivity index (χ1v) is 4.58. The molecule has 0 bridgehead atoms. The Kier molecular flexibility index (Phi) is 2.01. The fraction of sp³-hybridized carbons (Fsp3) is 0. The summed E-state index contributed by atoms with van der Waals surface area (Å²) in [5.74, 6) is -0.343. The van der Waals surface area contributed by atoms with E-state index in [0.717, 1.165) is 11.5 Å². The van der Waals surface area contributed by atoms with E-state index >= 15 is 0 Å². The lowest BCUT2D eigenvalue weighted by Gasteiger charge is -1.89. The zero-order chi connectivity index (χ0) is 9.42. The maximum absolute atomic E-state index is 12.7. The fourth-order valence-corrected chi connectivity index (χ4v) is 2.05. The van der Waals surface area contributed by atoms with Crippen LogP contribution < -0.4 is 0 Å². The fourth-order valence-electron chi connectivity index (χ4n) is 1.05. The number of rotatable bonds is 1. The summed E-state index contributed by atoms with van der Waals surface area (Å²) in [4.78, 5) is 10.8. The largest absolute Gasteiger partial charge is 0.274 e. The van der Waals surface area contributed by atoms with Crippen molar-refractivity contribution in [3.8, 4) is 0 Å². The van der Waals surface area contributed by atoms with E-state index < -0.39 is 5.24 Å². The second-order valence-corrected chi connectivity index (χ2v) is 3.59. The van der Waals surface area contributed by atoms with Crippen molar-refractivity contribution in [1.29, 1.82) is 0 Å². The predicted octanol–water partition coefficient (Wildman–Crippen LogP) is 2.81. The molecule has 0 saturated heterocycles. The molecule has 0 aliphatic heterocycles. The van der Waals surface area contributed by atoms with Gasteiger partial charge in [0.2, 0.25) is 0 Å². The molecule has 0 radical (unpaired) electrons. The molecule has 1 aromatic carbocycles. The molecule has 0 aliphatic carbocycles. The number of fused-ring (bicyclic) bond motifs is 1. The third-order valence-corrected chi connectivity index (χ3v) is 2.61. The molecular weight excluding hydrogens is 213 g/mol. The van der Waals surface area contributed by atoms with Crippen molar-refractivity contribution in [2.75, 3.05) is 0 Å². The molecule has 0 fully saturated rings. The molecule has 1 aromatic heterocycles. The van der Waals surface area contributed by atoms with Gasteiger partial charge in [-0.2, -0.15) is 4.37 Å². The number of nitrogens with zero attached hydrogens (tertiary/aromatic N) is 1. The monoisotopic (exact) mass is 215 g/mol. The summed E-state index contributed by atoms with van der Waals surface area (Å²) in [5, 5.41) is -0.00995. The number of hydrogen-bond donors (Lipinski definition) is 0. The molecule has 0 unspecified atom stereocenters. The predicted molar refractivity (Wildman–Crippen MR) is 49.8 cm³/mol. The summed E-state index contributed by atoms with van der Waals surface area (Å²) >= 11 is 6.34. The van der Waals surface area contributed by atoms with Crippen molar-refractivity contribution in [1.82, 2.24) is 4.37 Å². The Balaban J connectivity index is 2.76. The van der Waals surface area contributed by atoms with E-state index in [1.807, 2.05) is 0 Å². The van der Waals surface area contributed by atoms with Crippen LogP contribution in [0, 0.1) is 5.82 Å². The number of benzene rings is 1. The van der Waals surface area contributed by atoms with Crippen LogP contribution in [-0.4, -0.2) is 9.62 Å². The zero-order valence-corrected chi connectivity index (χ0v) is 7.82. The Bertz CT molecular complexity index is 482. The Morgan fingerprint density at radius 3 is 3.00 bits per heavy atom. The highest BCUT2D eigenvalue weighted by Crippen LogP contribution is 2.24. The maximum atomic E-state index is 12.7. The molecule has 0 spiro atoms. The van der Waals surface area contributed by atoms with E-state index in [2.05, 4.69) is 4.37 Å². The van der Waals surface area contributed by atoms with Crippen LogP contribution in [0.15, 0.2) is 18.2 Å². The van der Waals surface area contributed by atoms with Gasteiger partial charge >= 0.3 is 0 Å². The highest BCUT2D eigenvalue weighted by atomic mass is 35.5. The van der Waals surface area contributed by atoms with Crippen LogP contribution in [0.4, 0.5) is 4.39 Å². The average Bonchev–Trinajstić information content (AvgIpc) is 2.46. The van der Waals surface area contributed by atoms with Crippen molar-refractivity contribution in [2.24, 2.45) is 0 Å². The number of carbonyl (C=O) groups excluding carboxylic acids is 1. The number of halogens is 2. The molecule has 66 valence electrons. The van der Waals surface area contributed by atoms with Gasteiger partial charge in [0.1, 0.15) is 11.5 Å². The van der Waals surface area contributed by atoms with Gasteiger partial charge in [0.25, 0.3) is 5.24 Å². The van der Waals surface area contributed by atoms with E-state index in [-0.39, 0.29) is 11.5 Å². The Morgan fingerprint density at radius 2 is 2.31 bits per heavy atom. The van der Waals surface area contributed by atoms with Gasteiger partial charge < -0.3 is 0 Å². The third-order valence-electron chi connectivity index (χ3n) is 1.62. The minimum atomic E-state index is -0.613. The van der Waals surface area contributed by atoms with Gasteiger partial charge in [-0.05, 0) is 41.3 Å². The zero-order valence-electron chi connectivity index (χ0n) is 6.25. The van der Waals surface area contributed by atoms with E-state index in [4.69, 9.17) is 11.6 Å². The first kappa shape index (κ1) is 8.59. The van der Waals surface area contributed by atoms with Gasteiger partial charge in [-0.1, -0.05) is 0 Å². The normalized spacial score (nSPS) is 10.6. The van der Waals surface area contributed by atoms with Crippen molar-refractivity contribution < 1.29 is 9.18 Å². The van der Waals surface area contributed by atoms with Crippen molar-refractivity contribution in [2.45, 2.75) is 0 Å². The highest BCUT2D eigenvalue weighted by Gasteiger charge is 2.11. The van der Waals surface area contributed by atoms with Gasteiger partial charge in [-0.3, -0.25) is 4.79 Å². The van der Waals surface area contributed by atoms with Crippen LogP contribution in [0.1, 0.15) is 10.5 Å². The number of carbonyl (C=O) groups is 1. The molecule has 5 heteroatoms. The van der Waals surface area contributed by atoms with Crippen LogP contribution in [-0.2, 0) is 0 Å². The van der Waals surface area contributed by atoms with Gasteiger partial charge in [-0.25, -0.2) is 4.39 Å². The second-order valence-electron chi connectivity index (χ2n) is 2.45. The van der Waals surface area contributed by atoms with Crippen LogP contribution in [0.25, 0.3) is 10.1 Å². The van der Waals surface area contributed by atoms with Crippen LogP contribution >= 0.6 is 23.1 Å². The smallest absolute Gasteiger partial charge is 0.272 e. The SMILES string of the molecule is O=C(Cl)c1nsc2cc(F)ccc12. The number of hydrogen-bond acceptors (Lipinski definition) is 3. The molecule has 0 aliphatic rings. The van der Waals surface area contributed by atoms with Gasteiger partial charge in [-0.15, -0.1) is 0 Å². The Hall–Kier alpha value is -1.00. The lowest BCUT2D eigenvalue weighted by atomic mass is 10.2. The van der Waals surface area contributed by atoms with Crippen LogP contribution in [0.3, 0.4) is 0 Å². The minimum Gasteiger partial charge on any atom is -0.274 e. The maximum Gasteiger partial charge on any atom is 0.272 e. The molecule has 2 aromatic rings. The van der Waals surface area contributed by atoms with Crippen LogP contribution in [0.2, 0.25) is 0 Å². The first-order valence-electron chi connectivity index (χ1n) is 3.43. The topological polar surface area (TPSA) is 30.0 Å². The van der Waals surface area contributed by atoms with Crippen molar-refractivity contribution >= 4 is 38.5 Å². The molecule has 0 atom stereocenters. The summed E-state index contributed by atoms with van der Waals surface area (Å²) in [7, 11) is 0. The first-order chi connectivity index (χ1) is 6.18. The standard InChI is InChI=1S/C8H3ClFNOS/c9-8(12)7-5-2-1-4(10)3-6(5)13-11-7/h1-3H. The summed E-state index contributed by atoms with van der Waals surface area (Å²) in [6.07, 6.45) is 0. The Morgan fingerprint density at radius 1 is 1.54 bits per heavy atom. The van der Waals surface area contributed by atoms with Gasteiger partial charge in [0.05, 0.1) is 4.70 Å². The van der Waals surface area contributed by atoms with Crippen molar-refractivity contribution in [3.63, 3.8) is 0 Å². The molecule has 0 saturated carbocycles. The Labute approximate surface area is 82.1 Å². The third kappa shape index (κ3) is 1.43. The second kappa shape index (κ2) is 3.05. The molecule has 13 heavy (non-hydrogen) atoms. The highest BCUT2D eigenvalue weighted by molar-refractivity contribution is 7.13.